The molecule has 0 unspecified atom stereocenters. The molecule has 1 N–H and O–H groups in total. The van der Waals surface area contributed by atoms with Gasteiger partial charge >= 0.3 is 0 Å². The lowest BCUT2D eigenvalue weighted by Crippen LogP contribution is -2.06. The van der Waals surface area contributed by atoms with E-state index >= 15 is 0 Å². The third-order valence-corrected chi connectivity index (χ3v) is 2.40. The van der Waals surface area contributed by atoms with Crippen LogP contribution in [0.2, 0.25) is 0 Å². The van der Waals surface area contributed by atoms with E-state index < -0.39 is 40.1 Å². The van der Waals surface area contributed by atoms with Gasteiger partial charge in [0, 0.05) is 0 Å². The van der Waals surface area contributed by atoms with Crippen LogP contribution in [-0.2, 0) is 0 Å². The molecule has 0 aliphatic carbocycles. The third kappa shape index (κ3) is 2.07. The van der Waals surface area contributed by atoms with E-state index in [-0.39, 0.29) is 0 Å². The van der Waals surface area contributed by atoms with Gasteiger partial charge in [0.25, 0.3) is 0 Å². The molecule has 0 spiro atoms. The molecule has 2 aromatic rings. The molecule has 2 nitrogen and oxygen atoms in total. The molecule has 18 heavy (non-hydrogen) atoms. The summed E-state index contributed by atoms with van der Waals surface area (Å²) in [5.74, 6) is -4.75. The van der Waals surface area contributed by atoms with Gasteiger partial charge in [-0.15, -0.1) is 0 Å². The van der Waals surface area contributed by atoms with E-state index in [0.29, 0.717) is 0 Å². The quantitative estimate of drug-likeness (QED) is 0.834. The lowest BCUT2D eigenvalue weighted by molar-refractivity contribution is 0.103. The molecule has 5 heteroatoms. The summed E-state index contributed by atoms with van der Waals surface area (Å²) in [4.78, 5) is 11.9. The normalized spacial score (nSPS) is 10.4. The Bertz CT molecular complexity index is 620. The SMILES string of the molecule is O=C(c1cc(F)ccc1O)c1cccc(F)c1F. The van der Waals surface area contributed by atoms with Crippen LogP contribution in [0.4, 0.5) is 13.2 Å². The first-order chi connectivity index (χ1) is 8.50. The fourth-order valence-electron chi connectivity index (χ4n) is 1.51. The van der Waals surface area contributed by atoms with E-state index in [4.69, 9.17) is 0 Å². The summed E-state index contributed by atoms with van der Waals surface area (Å²) in [5.41, 5.74) is -0.976. The molecule has 0 saturated heterocycles. The molecule has 0 aromatic heterocycles. The van der Waals surface area contributed by atoms with Crippen molar-refractivity contribution in [3.8, 4) is 5.75 Å². The van der Waals surface area contributed by atoms with Gasteiger partial charge in [0.1, 0.15) is 11.6 Å². The Hall–Kier alpha value is -2.30. The molecular weight excluding hydrogens is 245 g/mol. The summed E-state index contributed by atoms with van der Waals surface area (Å²) in [7, 11) is 0. The van der Waals surface area contributed by atoms with Crippen LogP contribution >= 0.6 is 0 Å². The first-order valence-corrected chi connectivity index (χ1v) is 4.98. The van der Waals surface area contributed by atoms with Gasteiger partial charge in [0.2, 0.25) is 0 Å². The Morgan fingerprint density at radius 2 is 1.72 bits per heavy atom. The van der Waals surface area contributed by atoms with Crippen LogP contribution in [0.15, 0.2) is 36.4 Å². The summed E-state index contributed by atoms with van der Waals surface area (Å²) < 4.78 is 39.3. The molecule has 0 atom stereocenters. The van der Waals surface area contributed by atoms with Crippen molar-refractivity contribution in [2.45, 2.75) is 0 Å². The Kier molecular flexibility index (Phi) is 3.06. The number of halogens is 3. The van der Waals surface area contributed by atoms with Crippen LogP contribution in [0, 0.1) is 17.5 Å². The summed E-state index contributed by atoms with van der Waals surface area (Å²) >= 11 is 0. The maximum atomic E-state index is 13.4. The van der Waals surface area contributed by atoms with Gasteiger partial charge in [-0.3, -0.25) is 4.79 Å². The second-order valence-corrected chi connectivity index (χ2v) is 3.59. The van der Waals surface area contributed by atoms with Crippen LogP contribution in [0.25, 0.3) is 0 Å². The first-order valence-electron chi connectivity index (χ1n) is 4.98. The van der Waals surface area contributed by atoms with Crippen LogP contribution in [0.5, 0.6) is 5.75 Å². The summed E-state index contributed by atoms with van der Waals surface area (Å²) in [6.07, 6.45) is 0. The Morgan fingerprint density at radius 1 is 1.00 bits per heavy atom. The summed E-state index contributed by atoms with van der Waals surface area (Å²) in [5, 5.41) is 9.42. The van der Waals surface area contributed by atoms with Crippen molar-refractivity contribution in [3.63, 3.8) is 0 Å². The van der Waals surface area contributed by atoms with Crippen LogP contribution in [-0.4, -0.2) is 10.9 Å². The van der Waals surface area contributed by atoms with E-state index in [1.807, 2.05) is 0 Å². The first kappa shape index (κ1) is 12.2. The zero-order chi connectivity index (χ0) is 13.3. The van der Waals surface area contributed by atoms with Crippen molar-refractivity contribution >= 4 is 5.78 Å². The Balaban J connectivity index is 2.55. The number of ketones is 1. The van der Waals surface area contributed by atoms with Crippen molar-refractivity contribution < 1.29 is 23.1 Å². The van der Waals surface area contributed by atoms with Crippen molar-refractivity contribution in [2.24, 2.45) is 0 Å². The Labute approximate surface area is 100 Å². The molecular formula is C13H7F3O2. The predicted octanol–water partition coefficient (Wildman–Crippen LogP) is 3.04. The smallest absolute Gasteiger partial charge is 0.199 e. The van der Waals surface area contributed by atoms with Gasteiger partial charge in [0.05, 0.1) is 11.1 Å². The van der Waals surface area contributed by atoms with Gasteiger partial charge in [-0.05, 0) is 30.3 Å². The number of benzene rings is 2. The van der Waals surface area contributed by atoms with E-state index in [1.165, 1.54) is 0 Å². The van der Waals surface area contributed by atoms with Crippen molar-refractivity contribution in [3.05, 3.63) is 65.0 Å². The molecule has 0 fully saturated rings. The number of hydrogen-bond donors (Lipinski definition) is 1. The number of hydrogen-bond acceptors (Lipinski definition) is 2. The molecule has 0 bridgehead atoms. The maximum absolute atomic E-state index is 13.4. The molecule has 0 saturated carbocycles. The topological polar surface area (TPSA) is 37.3 Å². The standard InChI is InChI=1S/C13H7F3O2/c14-7-4-5-11(17)9(6-7)13(18)8-2-1-3-10(15)12(8)16/h1-6,17H. The highest BCUT2D eigenvalue weighted by Crippen LogP contribution is 2.23. The summed E-state index contributed by atoms with van der Waals surface area (Å²) in [6, 6.07) is 5.76. The van der Waals surface area contributed by atoms with E-state index in [0.717, 1.165) is 36.4 Å². The number of carbonyl (C=O) groups excluding carboxylic acids is 1. The third-order valence-electron chi connectivity index (χ3n) is 2.40. The van der Waals surface area contributed by atoms with Gasteiger partial charge < -0.3 is 5.11 Å². The van der Waals surface area contributed by atoms with Gasteiger partial charge in [-0.1, -0.05) is 6.07 Å². The minimum Gasteiger partial charge on any atom is -0.507 e. The molecule has 92 valence electrons. The van der Waals surface area contributed by atoms with Gasteiger partial charge in [-0.2, -0.15) is 0 Å². The molecule has 0 radical (unpaired) electrons. The zero-order valence-corrected chi connectivity index (χ0v) is 8.95. The molecule has 0 amide bonds. The second-order valence-electron chi connectivity index (χ2n) is 3.59. The highest BCUT2D eigenvalue weighted by molar-refractivity contribution is 6.10. The van der Waals surface area contributed by atoms with Gasteiger partial charge in [0.15, 0.2) is 17.4 Å². The van der Waals surface area contributed by atoms with E-state index in [2.05, 4.69) is 0 Å². The number of phenolic OH excluding ortho intramolecular Hbond substituents is 1. The number of rotatable bonds is 2. The lowest BCUT2D eigenvalue weighted by atomic mass is 10.0. The molecule has 2 aromatic carbocycles. The number of aromatic hydroxyl groups is 1. The van der Waals surface area contributed by atoms with Crippen LogP contribution in [0.1, 0.15) is 15.9 Å². The second kappa shape index (κ2) is 4.52. The largest absolute Gasteiger partial charge is 0.507 e. The maximum Gasteiger partial charge on any atom is 0.199 e. The monoisotopic (exact) mass is 252 g/mol. The highest BCUT2D eigenvalue weighted by Gasteiger charge is 2.19. The zero-order valence-electron chi connectivity index (χ0n) is 8.95. The van der Waals surface area contributed by atoms with Crippen LogP contribution in [0.3, 0.4) is 0 Å². The summed E-state index contributed by atoms with van der Waals surface area (Å²) in [6.45, 7) is 0. The van der Waals surface area contributed by atoms with Gasteiger partial charge in [-0.25, -0.2) is 13.2 Å². The molecule has 0 aliphatic heterocycles. The predicted molar refractivity (Wildman–Crippen MR) is 57.9 cm³/mol. The fourth-order valence-corrected chi connectivity index (χ4v) is 1.51. The van der Waals surface area contributed by atoms with E-state index in [9.17, 15) is 23.1 Å². The average Bonchev–Trinajstić information content (AvgIpc) is 2.35. The fraction of sp³-hybridized carbons (Fsp3) is 0. The lowest BCUT2D eigenvalue weighted by Gasteiger charge is -2.05. The van der Waals surface area contributed by atoms with E-state index in [1.54, 1.807) is 0 Å². The van der Waals surface area contributed by atoms with Crippen molar-refractivity contribution in [2.75, 3.05) is 0 Å². The minimum absolute atomic E-state index is 0.417. The Morgan fingerprint density at radius 3 is 2.44 bits per heavy atom. The van der Waals surface area contributed by atoms with Crippen molar-refractivity contribution in [1.29, 1.82) is 0 Å². The molecule has 0 aliphatic rings. The number of carbonyl (C=O) groups is 1. The number of phenols is 1. The average molecular weight is 252 g/mol. The van der Waals surface area contributed by atoms with Crippen LogP contribution < -0.4 is 0 Å². The minimum atomic E-state index is -1.33. The molecule has 0 heterocycles. The van der Waals surface area contributed by atoms with Crippen molar-refractivity contribution in [1.82, 2.24) is 0 Å². The highest BCUT2D eigenvalue weighted by atomic mass is 19.2. The molecule has 2 rings (SSSR count).